The summed E-state index contributed by atoms with van der Waals surface area (Å²) in [5, 5.41) is 0. The third-order valence-corrected chi connectivity index (χ3v) is 2.65. The van der Waals surface area contributed by atoms with Crippen LogP contribution in [0.3, 0.4) is 0 Å². The summed E-state index contributed by atoms with van der Waals surface area (Å²) in [5.41, 5.74) is 0.0676. The number of rotatable bonds is 2. The van der Waals surface area contributed by atoms with Gasteiger partial charge in [0.1, 0.15) is 5.75 Å². The summed E-state index contributed by atoms with van der Waals surface area (Å²) in [6, 6.07) is 6.27. The van der Waals surface area contributed by atoms with Gasteiger partial charge in [-0.25, -0.2) is 8.78 Å². The SMILES string of the molecule is Cc1cccc(Oc2c(F)c(F)c(C)c(F)c2F)c1. The van der Waals surface area contributed by atoms with Crippen molar-refractivity contribution in [1.82, 2.24) is 0 Å². The van der Waals surface area contributed by atoms with Crippen molar-refractivity contribution in [2.24, 2.45) is 0 Å². The largest absolute Gasteiger partial charge is 0.451 e. The van der Waals surface area contributed by atoms with Crippen LogP contribution in [0.2, 0.25) is 0 Å². The molecular weight excluding hydrogens is 260 g/mol. The molecule has 0 amide bonds. The molecule has 0 N–H and O–H groups in total. The molecule has 2 rings (SSSR count). The molecule has 0 aliphatic heterocycles. The fourth-order valence-corrected chi connectivity index (χ4v) is 1.61. The van der Waals surface area contributed by atoms with E-state index in [2.05, 4.69) is 0 Å². The number of benzene rings is 2. The highest BCUT2D eigenvalue weighted by molar-refractivity contribution is 5.38. The van der Waals surface area contributed by atoms with Gasteiger partial charge in [0.15, 0.2) is 11.6 Å². The van der Waals surface area contributed by atoms with Gasteiger partial charge in [0.05, 0.1) is 0 Å². The molecule has 0 radical (unpaired) electrons. The van der Waals surface area contributed by atoms with E-state index in [9.17, 15) is 17.6 Å². The normalized spacial score (nSPS) is 10.6. The Balaban J connectivity index is 2.52. The summed E-state index contributed by atoms with van der Waals surface area (Å²) >= 11 is 0. The van der Waals surface area contributed by atoms with E-state index in [1.807, 2.05) is 0 Å². The summed E-state index contributed by atoms with van der Waals surface area (Å²) < 4.78 is 58.8. The molecule has 2 aromatic carbocycles. The second kappa shape index (κ2) is 4.91. The molecule has 5 heteroatoms. The molecular formula is C14H10F4O. The van der Waals surface area contributed by atoms with Crippen LogP contribution in [-0.4, -0.2) is 0 Å². The summed E-state index contributed by atoms with van der Waals surface area (Å²) in [6.45, 7) is 2.70. The number of ether oxygens (including phenoxy) is 1. The highest BCUT2D eigenvalue weighted by atomic mass is 19.2. The molecule has 0 saturated carbocycles. The monoisotopic (exact) mass is 270 g/mol. The molecule has 0 heterocycles. The van der Waals surface area contributed by atoms with E-state index in [0.29, 0.717) is 0 Å². The number of halogens is 4. The van der Waals surface area contributed by atoms with Crippen molar-refractivity contribution in [3.8, 4) is 11.5 Å². The standard InChI is InChI=1S/C14H10F4O/c1-7-4-3-5-9(6-7)19-14-12(17)10(15)8(2)11(16)13(14)18/h3-6H,1-2H3. The van der Waals surface area contributed by atoms with Gasteiger partial charge in [-0.1, -0.05) is 12.1 Å². The van der Waals surface area contributed by atoms with Crippen LogP contribution < -0.4 is 4.74 Å². The van der Waals surface area contributed by atoms with Gasteiger partial charge in [-0.3, -0.25) is 0 Å². The van der Waals surface area contributed by atoms with Crippen LogP contribution >= 0.6 is 0 Å². The smallest absolute Gasteiger partial charge is 0.204 e. The molecule has 0 fully saturated rings. The Morgan fingerprint density at radius 1 is 0.842 bits per heavy atom. The minimum absolute atomic E-state index is 0.0976. The predicted octanol–water partition coefficient (Wildman–Crippen LogP) is 4.65. The molecule has 19 heavy (non-hydrogen) atoms. The highest BCUT2D eigenvalue weighted by Crippen LogP contribution is 2.33. The van der Waals surface area contributed by atoms with Crippen molar-refractivity contribution >= 4 is 0 Å². The molecule has 0 aliphatic rings. The second-order valence-electron chi connectivity index (χ2n) is 4.13. The Bertz CT molecular complexity index is 609. The molecule has 0 aliphatic carbocycles. The average Bonchev–Trinajstić information content (AvgIpc) is 2.39. The molecule has 0 unspecified atom stereocenters. The lowest BCUT2D eigenvalue weighted by molar-refractivity contribution is 0.362. The van der Waals surface area contributed by atoms with Crippen molar-refractivity contribution in [2.75, 3.05) is 0 Å². The molecule has 0 aromatic heterocycles. The van der Waals surface area contributed by atoms with Crippen molar-refractivity contribution in [3.05, 3.63) is 58.7 Å². The lowest BCUT2D eigenvalue weighted by atomic mass is 10.2. The lowest BCUT2D eigenvalue weighted by Crippen LogP contribution is -2.03. The first-order valence-corrected chi connectivity index (χ1v) is 5.49. The van der Waals surface area contributed by atoms with E-state index in [4.69, 9.17) is 4.74 Å². The number of hydrogen-bond donors (Lipinski definition) is 0. The molecule has 0 spiro atoms. The van der Waals surface area contributed by atoms with Crippen LogP contribution in [0.15, 0.2) is 24.3 Å². The summed E-state index contributed by atoms with van der Waals surface area (Å²) in [6.07, 6.45) is 0. The molecule has 0 bridgehead atoms. The van der Waals surface area contributed by atoms with E-state index in [0.717, 1.165) is 12.5 Å². The van der Waals surface area contributed by atoms with E-state index in [1.165, 1.54) is 12.1 Å². The lowest BCUT2D eigenvalue weighted by Gasteiger charge is -2.11. The quantitative estimate of drug-likeness (QED) is 0.570. The van der Waals surface area contributed by atoms with Gasteiger partial charge in [0.2, 0.25) is 17.4 Å². The van der Waals surface area contributed by atoms with Crippen molar-refractivity contribution in [2.45, 2.75) is 13.8 Å². The summed E-state index contributed by atoms with van der Waals surface area (Å²) in [7, 11) is 0. The van der Waals surface area contributed by atoms with Crippen molar-refractivity contribution in [1.29, 1.82) is 0 Å². The maximum Gasteiger partial charge on any atom is 0.204 e. The molecule has 2 aromatic rings. The van der Waals surface area contributed by atoms with Crippen LogP contribution in [0.1, 0.15) is 11.1 Å². The Hall–Kier alpha value is -2.04. The maximum atomic E-state index is 13.6. The van der Waals surface area contributed by atoms with Gasteiger partial charge in [0.25, 0.3) is 0 Å². The topological polar surface area (TPSA) is 9.23 Å². The van der Waals surface area contributed by atoms with E-state index in [1.54, 1.807) is 19.1 Å². The fraction of sp³-hybridized carbons (Fsp3) is 0.143. The predicted molar refractivity (Wildman–Crippen MR) is 62.3 cm³/mol. The Morgan fingerprint density at radius 2 is 1.42 bits per heavy atom. The molecule has 1 nitrogen and oxygen atoms in total. The van der Waals surface area contributed by atoms with Gasteiger partial charge in [-0.05, 0) is 31.5 Å². The third kappa shape index (κ3) is 2.41. The van der Waals surface area contributed by atoms with Crippen molar-refractivity contribution in [3.63, 3.8) is 0 Å². The zero-order valence-electron chi connectivity index (χ0n) is 10.2. The van der Waals surface area contributed by atoms with Crippen LogP contribution in [0.4, 0.5) is 17.6 Å². The van der Waals surface area contributed by atoms with Crippen LogP contribution in [0.5, 0.6) is 11.5 Å². The van der Waals surface area contributed by atoms with Gasteiger partial charge in [0, 0.05) is 5.56 Å². The Labute approximate surface area is 107 Å². The summed E-state index contributed by atoms with van der Waals surface area (Å²) in [5.74, 6) is -6.98. The van der Waals surface area contributed by atoms with Gasteiger partial charge < -0.3 is 4.74 Å². The molecule has 100 valence electrons. The first-order valence-electron chi connectivity index (χ1n) is 5.49. The summed E-state index contributed by atoms with van der Waals surface area (Å²) in [4.78, 5) is 0. The van der Waals surface area contributed by atoms with Crippen molar-refractivity contribution < 1.29 is 22.3 Å². The number of aryl methyl sites for hydroxylation is 1. The highest BCUT2D eigenvalue weighted by Gasteiger charge is 2.24. The van der Waals surface area contributed by atoms with Crippen LogP contribution in [0.25, 0.3) is 0 Å². The second-order valence-corrected chi connectivity index (χ2v) is 4.13. The van der Waals surface area contributed by atoms with E-state index >= 15 is 0 Å². The van der Waals surface area contributed by atoms with Gasteiger partial charge in [-0.2, -0.15) is 8.78 Å². The zero-order valence-corrected chi connectivity index (χ0v) is 10.2. The number of hydrogen-bond acceptors (Lipinski definition) is 1. The van der Waals surface area contributed by atoms with Crippen LogP contribution in [0, 0.1) is 37.1 Å². The first-order chi connectivity index (χ1) is 8.91. The first kappa shape index (κ1) is 13.4. The maximum absolute atomic E-state index is 13.6. The minimum atomic E-state index is -1.54. The van der Waals surface area contributed by atoms with Gasteiger partial charge in [-0.15, -0.1) is 0 Å². The fourth-order valence-electron chi connectivity index (χ4n) is 1.61. The van der Waals surface area contributed by atoms with E-state index < -0.39 is 34.6 Å². The zero-order chi connectivity index (χ0) is 14.2. The molecule has 0 atom stereocenters. The third-order valence-electron chi connectivity index (χ3n) is 2.65. The Morgan fingerprint density at radius 3 is 1.95 bits per heavy atom. The molecule has 0 saturated heterocycles. The van der Waals surface area contributed by atoms with Crippen LogP contribution in [-0.2, 0) is 0 Å². The Kier molecular flexibility index (Phi) is 3.46. The van der Waals surface area contributed by atoms with Gasteiger partial charge >= 0.3 is 0 Å². The average molecular weight is 270 g/mol. The minimum Gasteiger partial charge on any atom is -0.451 e. The van der Waals surface area contributed by atoms with E-state index in [-0.39, 0.29) is 5.75 Å².